The zero-order valence-electron chi connectivity index (χ0n) is 11.6. The van der Waals surface area contributed by atoms with Gasteiger partial charge in [0.1, 0.15) is 11.6 Å². The lowest BCUT2D eigenvalue weighted by atomic mass is 10.1. The Hall–Kier alpha value is -1.94. The summed E-state index contributed by atoms with van der Waals surface area (Å²) in [7, 11) is 1.86. The molecule has 2 aromatic carbocycles. The van der Waals surface area contributed by atoms with E-state index < -0.39 is 0 Å². The number of benzene rings is 2. The van der Waals surface area contributed by atoms with Crippen LogP contribution in [-0.2, 0) is 6.54 Å². The summed E-state index contributed by atoms with van der Waals surface area (Å²) in [5.74, 6) is -0.555. The monoisotopic (exact) mass is 276 g/mol. The molecule has 2 aromatic rings. The number of hydrogen-bond donors (Lipinski definition) is 1. The van der Waals surface area contributed by atoms with Gasteiger partial charge in [-0.2, -0.15) is 0 Å². The van der Waals surface area contributed by atoms with E-state index in [0.29, 0.717) is 23.4 Å². The summed E-state index contributed by atoms with van der Waals surface area (Å²) in [6, 6.07) is 10.8. The van der Waals surface area contributed by atoms with Gasteiger partial charge in [0.05, 0.1) is 0 Å². The molecular weight excluding hydrogens is 258 g/mol. The van der Waals surface area contributed by atoms with Crippen LogP contribution >= 0.6 is 0 Å². The highest BCUT2D eigenvalue weighted by atomic mass is 19.1. The first kappa shape index (κ1) is 14.5. The summed E-state index contributed by atoms with van der Waals surface area (Å²) in [6.07, 6.45) is 0. The Labute approximate surface area is 117 Å². The summed E-state index contributed by atoms with van der Waals surface area (Å²) in [5, 5.41) is 0. The van der Waals surface area contributed by atoms with E-state index in [1.807, 2.05) is 18.9 Å². The Morgan fingerprint density at radius 2 is 1.85 bits per heavy atom. The minimum Gasteiger partial charge on any atom is -0.398 e. The Morgan fingerprint density at radius 1 is 1.15 bits per heavy atom. The van der Waals surface area contributed by atoms with Gasteiger partial charge in [-0.25, -0.2) is 8.78 Å². The van der Waals surface area contributed by atoms with Crippen LogP contribution < -0.4 is 5.73 Å². The maximum atomic E-state index is 13.8. The highest BCUT2D eigenvalue weighted by Crippen LogP contribution is 2.24. The van der Waals surface area contributed by atoms with Crippen LogP contribution in [0.3, 0.4) is 0 Å². The van der Waals surface area contributed by atoms with Crippen molar-refractivity contribution in [3.63, 3.8) is 0 Å². The van der Waals surface area contributed by atoms with Gasteiger partial charge in [-0.3, -0.25) is 4.90 Å². The largest absolute Gasteiger partial charge is 0.398 e. The molecule has 0 saturated heterocycles. The molecule has 20 heavy (non-hydrogen) atoms. The number of hydrogen-bond acceptors (Lipinski definition) is 2. The van der Waals surface area contributed by atoms with Gasteiger partial charge < -0.3 is 5.73 Å². The normalized spacial score (nSPS) is 12.7. The molecule has 0 bridgehead atoms. The van der Waals surface area contributed by atoms with E-state index in [-0.39, 0.29) is 17.7 Å². The van der Waals surface area contributed by atoms with Gasteiger partial charge >= 0.3 is 0 Å². The number of anilines is 1. The average molecular weight is 276 g/mol. The minimum absolute atomic E-state index is 0.126. The molecule has 0 aliphatic rings. The number of halogens is 2. The summed E-state index contributed by atoms with van der Waals surface area (Å²) in [5.41, 5.74) is 7.70. The Morgan fingerprint density at radius 3 is 2.55 bits per heavy atom. The average Bonchev–Trinajstić information content (AvgIpc) is 2.42. The molecule has 0 heterocycles. The Bertz CT molecular complexity index is 599. The fraction of sp³-hybridized carbons (Fsp3) is 0.250. The number of rotatable bonds is 4. The molecule has 1 unspecified atom stereocenters. The van der Waals surface area contributed by atoms with Crippen molar-refractivity contribution in [2.75, 3.05) is 12.8 Å². The second-order valence-electron chi connectivity index (χ2n) is 4.96. The van der Waals surface area contributed by atoms with Crippen LogP contribution in [0, 0.1) is 11.6 Å². The Balaban J connectivity index is 2.17. The van der Waals surface area contributed by atoms with Crippen molar-refractivity contribution in [1.82, 2.24) is 4.90 Å². The number of nitrogens with zero attached hydrogens (tertiary/aromatic N) is 1. The fourth-order valence-corrected chi connectivity index (χ4v) is 2.17. The maximum Gasteiger partial charge on any atom is 0.127 e. The zero-order chi connectivity index (χ0) is 14.7. The summed E-state index contributed by atoms with van der Waals surface area (Å²) >= 11 is 0. The molecule has 2 rings (SSSR count). The van der Waals surface area contributed by atoms with Gasteiger partial charge in [-0.15, -0.1) is 0 Å². The molecule has 0 amide bonds. The summed E-state index contributed by atoms with van der Waals surface area (Å²) in [4.78, 5) is 1.93. The SMILES string of the molecule is CC(c1ccccc1F)N(C)Cc1cc(F)ccc1N. The first-order chi connectivity index (χ1) is 9.49. The lowest BCUT2D eigenvalue weighted by Gasteiger charge is -2.26. The van der Waals surface area contributed by atoms with Gasteiger partial charge in [0.15, 0.2) is 0 Å². The minimum atomic E-state index is -0.318. The fourth-order valence-electron chi connectivity index (χ4n) is 2.17. The van der Waals surface area contributed by atoms with Crippen molar-refractivity contribution in [3.8, 4) is 0 Å². The van der Waals surface area contributed by atoms with E-state index in [0.717, 1.165) is 0 Å². The van der Waals surface area contributed by atoms with Crippen molar-refractivity contribution in [2.45, 2.75) is 19.5 Å². The van der Waals surface area contributed by atoms with Crippen LogP contribution in [0.5, 0.6) is 0 Å². The number of nitrogens with two attached hydrogens (primary N) is 1. The van der Waals surface area contributed by atoms with Crippen molar-refractivity contribution in [3.05, 3.63) is 65.2 Å². The molecule has 0 aromatic heterocycles. The molecule has 4 heteroatoms. The van der Waals surface area contributed by atoms with Gasteiger partial charge in [0.2, 0.25) is 0 Å². The number of nitrogen functional groups attached to an aromatic ring is 1. The second kappa shape index (κ2) is 6.01. The highest BCUT2D eigenvalue weighted by Gasteiger charge is 2.16. The molecule has 2 N–H and O–H groups in total. The molecular formula is C16H18F2N2. The quantitative estimate of drug-likeness (QED) is 0.862. The summed E-state index contributed by atoms with van der Waals surface area (Å²) < 4.78 is 27.0. The third kappa shape index (κ3) is 3.14. The highest BCUT2D eigenvalue weighted by molar-refractivity contribution is 5.46. The molecule has 2 nitrogen and oxygen atoms in total. The molecule has 0 fully saturated rings. The van der Waals surface area contributed by atoms with E-state index in [4.69, 9.17) is 5.73 Å². The lowest BCUT2D eigenvalue weighted by molar-refractivity contribution is 0.248. The van der Waals surface area contributed by atoms with E-state index in [9.17, 15) is 8.78 Å². The predicted molar refractivity (Wildman–Crippen MR) is 77.1 cm³/mol. The van der Waals surface area contributed by atoms with Crippen molar-refractivity contribution in [2.24, 2.45) is 0 Å². The maximum absolute atomic E-state index is 13.8. The Kier molecular flexibility index (Phi) is 4.35. The first-order valence-electron chi connectivity index (χ1n) is 6.47. The van der Waals surface area contributed by atoms with Crippen LogP contribution in [0.2, 0.25) is 0 Å². The smallest absolute Gasteiger partial charge is 0.127 e. The van der Waals surface area contributed by atoms with Gasteiger partial charge in [0.25, 0.3) is 0 Å². The van der Waals surface area contributed by atoms with Crippen LogP contribution in [0.15, 0.2) is 42.5 Å². The van der Waals surface area contributed by atoms with Gasteiger partial charge in [0, 0.05) is 23.8 Å². The van der Waals surface area contributed by atoms with E-state index in [1.165, 1.54) is 18.2 Å². The van der Waals surface area contributed by atoms with E-state index in [2.05, 4.69) is 0 Å². The van der Waals surface area contributed by atoms with Crippen LogP contribution in [0.4, 0.5) is 14.5 Å². The van der Waals surface area contributed by atoms with Crippen LogP contribution in [0.25, 0.3) is 0 Å². The molecule has 0 aliphatic carbocycles. The predicted octanol–water partition coefficient (Wildman–Crippen LogP) is 3.74. The van der Waals surface area contributed by atoms with E-state index in [1.54, 1.807) is 24.3 Å². The third-order valence-corrected chi connectivity index (χ3v) is 3.54. The van der Waals surface area contributed by atoms with Gasteiger partial charge in [-0.1, -0.05) is 18.2 Å². The molecule has 1 atom stereocenters. The third-order valence-electron chi connectivity index (χ3n) is 3.54. The van der Waals surface area contributed by atoms with Gasteiger partial charge in [-0.05, 0) is 43.8 Å². The van der Waals surface area contributed by atoms with Crippen molar-refractivity contribution < 1.29 is 8.78 Å². The van der Waals surface area contributed by atoms with Crippen LogP contribution in [0.1, 0.15) is 24.1 Å². The molecule has 0 saturated carbocycles. The zero-order valence-corrected chi connectivity index (χ0v) is 11.6. The summed E-state index contributed by atoms with van der Waals surface area (Å²) in [6.45, 7) is 2.37. The van der Waals surface area contributed by atoms with Crippen molar-refractivity contribution in [1.29, 1.82) is 0 Å². The standard InChI is InChI=1S/C16H18F2N2/c1-11(14-5-3-4-6-15(14)18)20(2)10-12-9-13(17)7-8-16(12)19/h3-9,11H,10,19H2,1-2H3. The topological polar surface area (TPSA) is 29.3 Å². The molecule has 0 spiro atoms. The lowest BCUT2D eigenvalue weighted by Crippen LogP contribution is -2.23. The second-order valence-corrected chi connectivity index (χ2v) is 4.96. The van der Waals surface area contributed by atoms with Crippen molar-refractivity contribution >= 4 is 5.69 Å². The van der Waals surface area contributed by atoms with Crippen LogP contribution in [-0.4, -0.2) is 11.9 Å². The molecule has 106 valence electrons. The first-order valence-corrected chi connectivity index (χ1v) is 6.47. The van der Waals surface area contributed by atoms with E-state index >= 15 is 0 Å². The molecule has 0 aliphatic heterocycles. The molecule has 0 radical (unpaired) electrons.